The summed E-state index contributed by atoms with van der Waals surface area (Å²) in [6.07, 6.45) is 0.283. The molecule has 2 aliphatic heterocycles. The van der Waals surface area contributed by atoms with Crippen LogP contribution in [0.1, 0.15) is 33.6 Å². The topological polar surface area (TPSA) is 83.6 Å². The smallest absolute Gasteiger partial charge is 0.262 e. The molecule has 0 aromatic heterocycles. The molecule has 3 atom stereocenters. The fourth-order valence-corrected chi connectivity index (χ4v) is 3.05. The number of benzene rings is 1. The molecule has 1 N–H and O–H groups in total. The lowest BCUT2D eigenvalue weighted by molar-refractivity contribution is -0.136. The number of nitrogens with zero attached hydrogens (tertiary/aromatic N) is 1. The monoisotopic (exact) mass is 322 g/mol. The van der Waals surface area contributed by atoms with E-state index in [2.05, 4.69) is 23.8 Å². The molecular formula is C13H12N2O4P2. The van der Waals surface area contributed by atoms with Gasteiger partial charge in [0, 0.05) is 6.42 Å². The summed E-state index contributed by atoms with van der Waals surface area (Å²) in [6.45, 7) is 0. The fraction of sp³-hybridized carbons (Fsp3) is 0.231. The molecule has 0 radical (unpaired) electrons. The number of fused-ring (bicyclic) bond motifs is 1. The minimum Gasteiger partial charge on any atom is -0.295 e. The van der Waals surface area contributed by atoms with Gasteiger partial charge < -0.3 is 0 Å². The molecule has 1 aromatic carbocycles. The van der Waals surface area contributed by atoms with Crippen molar-refractivity contribution in [3.8, 4) is 0 Å². The summed E-state index contributed by atoms with van der Waals surface area (Å²) in [6, 6.07) is 2.32. The number of carbonyl (C=O) groups is 4. The third kappa shape index (κ3) is 2.19. The zero-order valence-electron chi connectivity index (χ0n) is 10.9. The van der Waals surface area contributed by atoms with Crippen molar-refractivity contribution in [3.05, 3.63) is 23.3 Å². The van der Waals surface area contributed by atoms with Crippen molar-refractivity contribution in [3.63, 3.8) is 0 Å². The number of hydrogen-bond donors (Lipinski definition) is 1. The number of amides is 4. The molecule has 4 amide bonds. The van der Waals surface area contributed by atoms with Gasteiger partial charge in [0.15, 0.2) is 0 Å². The average Bonchev–Trinajstić information content (AvgIpc) is 2.64. The second-order valence-corrected chi connectivity index (χ2v) is 6.22. The molecule has 0 spiro atoms. The Kier molecular flexibility index (Phi) is 3.39. The van der Waals surface area contributed by atoms with Gasteiger partial charge >= 0.3 is 0 Å². The molecule has 8 heteroatoms. The minimum absolute atomic E-state index is 0.119. The van der Waals surface area contributed by atoms with E-state index in [0.29, 0.717) is 11.1 Å². The van der Waals surface area contributed by atoms with Gasteiger partial charge in [0.1, 0.15) is 6.04 Å². The number of hydrogen-bond acceptors (Lipinski definition) is 4. The van der Waals surface area contributed by atoms with Gasteiger partial charge in [-0.1, -0.05) is 0 Å². The van der Waals surface area contributed by atoms with Crippen LogP contribution in [0, 0.1) is 0 Å². The maximum atomic E-state index is 12.4. The largest absolute Gasteiger partial charge is 0.295 e. The van der Waals surface area contributed by atoms with Crippen molar-refractivity contribution in [1.82, 2.24) is 10.2 Å². The summed E-state index contributed by atoms with van der Waals surface area (Å²) in [5.41, 5.74) is 0.585. The summed E-state index contributed by atoms with van der Waals surface area (Å²) in [5.74, 6) is -1.96. The summed E-state index contributed by atoms with van der Waals surface area (Å²) < 4.78 is 0. The summed E-state index contributed by atoms with van der Waals surface area (Å²) in [5, 5.41) is 3.76. The normalized spacial score (nSPS) is 21.6. The van der Waals surface area contributed by atoms with Crippen LogP contribution in [0.5, 0.6) is 0 Å². The number of carbonyl (C=O) groups excluding carboxylic acids is 4. The van der Waals surface area contributed by atoms with Crippen LogP contribution in [0.15, 0.2) is 12.1 Å². The molecule has 0 saturated carbocycles. The van der Waals surface area contributed by atoms with Crippen molar-refractivity contribution >= 4 is 52.7 Å². The van der Waals surface area contributed by atoms with Crippen molar-refractivity contribution in [1.29, 1.82) is 0 Å². The zero-order valence-corrected chi connectivity index (χ0v) is 13.2. The van der Waals surface area contributed by atoms with E-state index in [0.717, 1.165) is 15.5 Å². The summed E-state index contributed by atoms with van der Waals surface area (Å²) >= 11 is 0. The van der Waals surface area contributed by atoms with Gasteiger partial charge in [-0.15, -0.1) is 18.5 Å². The standard InChI is InChI=1S/C13H12N2O4P2/c16-10-2-1-7(11(17)14-10)15-12(18)5-3-8(20)9(21)4-6(5)13(15)19/h3-4,7H,1-2,20-21H2,(H,14,16,17). The molecule has 6 nitrogen and oxygen atoms in total. The van der Waals surface area contributed by atoms with Crippen molar-refractivity contribution in [2.45, 2.75) is 18.9 Å². The van der Waals surface area contributed by atoms with Crippen molar-refractivity contribution in [2.24, 2.45) is 0 Å². The quantitative estimate of drug-likeness (QED) is 0.536. The predicted molar refractivity (Wildman–Crippen MR) is 81.8 cm³/mol. The number of imide groups is 2. The first-order chi connectivity index (χ1) is 9.90. The Hall–Kier alpha value is -1.64. The third-order valence-corrected chi connectivity index (χ3v) is 4.98. The first-order valence-corrected chi connectivity index (χ1v) is 7.46. The predicted octanol–water partition coefficient (Wildman–Crippen LogP) is -0.911. The fourth-order valence-electron chi connectivity index (χ4n) is 2.55. The lowest BCUT2D eigenvalue weighted by Crippen LogP contribution is -2.54. The Morgan fingerprint density at radius 2 is 1.52 bits per heavy atom. The van der Waals surface area contributed by atoms with E-state index >= 15 is 0 Å². The van der Waals surface area contributed by atoms with Gasteiger partial charge in [0.2, 0.25) is 11.8 Å². The Bertz CT molecular complexity index is 675. The van der Waals surface area contributed by atoms with E-state index in [1.165, 1.54) is 0 Å². The van der Waals surface area contributed by atoms with E-state index in [1.807, 2.05) is 0 Å². The van der Waals surface area contributed by atoms with Crippen LogP contribution in [0.3, 0.4) is 0 Å². The van der Waals surface area contributed by atoms with Gasteiger partial charge in [0.05, 0.1) is 11.1 Å². The van der Waals surface area contributed by atoms with E-state index in [9.17, 15) is 19.2 Å². The molecule has 3 rings (SSSR count). The van der Waals surface area contributed by atoms with Gasteiger partial charge in [-0.05, 0) is 29.2 Å². The average molecular weight is 322 g/mol. The molecular weight excluding hydrogens is 310 g/mol. The first-order valence-electron chi connectivity index (χ1n) is 6.30. The highest BCUT2D eigenvalue weighted by Gasteiger charge is 2.44. The minimum atomic E-state index is -0.920. The van der Waals surface area contributed by atoms with Crippen LogP contribution in [0.25, 0.3) is 0 Å². The van der Waals surface area contributed by atoms with Crippen molar-refractivity contribution < 1.29 is 19.2 Å². The molecule has 2 aliphatic rings. The maximum absolute atomic E-state index is 12.4. The Morgan fingerprint density at radius 1 is 1.00 bits per heavy atom. The molecule has 1 aromatic rings. The van der Waals surface area contributed by atoms with Crippen LogP contribution in [-0.2, 0) is 9.59 Å². The highest BCUT2D eigenvalue weighted by molar-refractivity contribution is 7.35. The number of nitrogens with one attached hydrogen (secondary N) is 1. The van der Waals surface area contributed by atoms with Crippen LogP contribution in [-0.4, -0.2) is 34.6 Å². The van der Waals surface area contributed by atoms with Crippen molar-refractivity contribution in [2.75, 3.05) is 0 Å². The van der Waals surface area contributed by atoms with E-state index in [-0.39, 0.29) is 18.7 Å². The molecule has 1 fully saturated rings. The Morgan fingerprint density at radius 3 is 2.00 bits per heavy atom. The van der Waals surface area contributed by atoms with Crippen LogP contribution >= 0.6 is 18.5 Å². The van der Waals surface area contributed by atoms with E-state index < -0.39 is 23.8 Å². The third-order valence-electron chi connectivity index (χ3n) is 3.64. The lowest BCUT2D eigenvalue weighted by atomic mass is 10.0. The van der Waals surface area contributed by atoms with E-state index in [4.69, 9.17) is 0 Å². The number of piperidine rings is 1. The Labute approximate surface area is 125 Å². The van der Waals surface area contributed by atoms with Gasteiger partial charge in [-0.3, -0.25) is 29.4 Å². The maximum Gasteiger partial charge on any atom is 0.262 e. The second-order valence-electron chi connectivity index (χ2n) is 4.97. The molecule has 2 heterocycles. The van der Waals surface area contributed by atoms with Crippen LogP contribution in [0.4, 0.5) is 0 Å². The summed E-state index contributed by atoms with van der Waals surface area (Å²) in [4.78, 5) is 48.9. The number of rotatable bonds is 1. The first kappa shape index (κ1) is 14.3. The van der Waals surface area contributed by atoms with Crippen LogP contribution < -0.4 is 15.9 Å². The molecule has 21 heavy (non-hydrogen) atoms. The molecule has 1 saturated heterocycles. The molecule has 3 unspecified atom stereocenters. The highest BCUT2D eigenvalue weighted by Crippen LogP contribution is 2.27. The zero-order chi connectivity index (χ0) is 15.3. The molecule has 108 valence electrons. The van der Waals surface area contributed by atoms with E-state index in [1.54, 1.807) is 12.1 Å². The molecule has 0 aliphatic carbocycles. The lowest BCUT2D eigenvalue weighted by Gasteiger charge is -2.27. The van der Waals surface area contributed by atoms with Gasteiger partial charge in [0.25, 0.3) is 11.8 Å². The molecule has 0 bridgehead atoms. The van der Waals surface area contributed by atoms with Crippen LogP contribution in [0.2, 0.25) is 0 Å². The second kappa shape index (κ2) is 4.97. The Balaban J connectivity index is 2.00. The van der Waals surface area contributed by atoms with Gasteiger partial charge in [-0.2, -0.15) is 0 Å². The SMILES string of the molecule is O=C1CCC(N2C(=O)c3cc(P)c(P)cc3C2=O)C(=O)N1. The highest BCUT2D eigenvalue weighted by atomic mass is 31.0. The van der Waals surface area contributed by atoms with Gasteiger partial charge in [-0.25, -0.2) is 0 Å². The summed E-state index contributed by atoms with van der Waals surface area (Å²) in [7, 11) is 4.98.